The maximum absolute atomic E-state index is 11.9. The largest absolute Gasteiger partial charge is 0.465 e. The first-order valence-corrected chi connectivity index (χ1v) is 9.01. The normalized spacial score (nSPS) is 29.5. The summed E-state index contributed by atoms with van der Waals surface area (Å²) < 4.78 is 14.9. The molecule has 3 fully saturated rings. The van der Waals surface area contributed by atoms with Crippen LogP contribution in [0.4, 0.5) is 0 Å². The Morgan fingerprint density at radius 2 is 1.19 bits per heavy atom. The molecule has 3 saturated heterocycles. The quantitative estimate of drug-likeness (QED) is 0.291. The van der Waals surface area contributed by atoms with Crippen LogP contribution >= 0.6 is 0 Å². The van der Waals surface area contributed by atoms with Gasteiger partial charge in [-0.3, -0.25) is 19.2 Å². The minimum absolute atomic E-state index is 0. The number of carbonyl (C=O) groups excluding carboxylic acids is 4. The number of ether oxygens (including phenoxy) is 3. The monoisotopic (exact) mass is 452 g/mol. The zero-order chi connectivity index (χ0) is 19.3. The second-order valence-electron chi connectivity index (χ2n) is 6.01. The summed E-state index contributed by atoms with van der Waals surface area (Å²) in [5.74, 6) is -4.64. The highest BCUT2D eigenvalue weighted by molar-refractivity contribution is 5.97. The van der Waals surface area contributed by atoms with E-state index in [0.717, 1.165) is 0 Å². The van der Waals surface area contributed by atoms with Gasteiger partial charge >= 0.3 is 23.9 Å². The number of cyclic esters (lactones) is 4. The molecule has 0 aromatic heterocycles. The Kier molecular flexibility index (Phi) is 26.1. The van der Waals surface area contributed by atoms with E-state index in [1.807, 2.05) is 34.6 Å². The summed E-state index contributed by atoms with van der Waals surface area (Å²) in [6.07, 6.45) is -0.746. The second-order valence-corrected chi connectivity index (χ2v) is 6.01. The maximum atomic E-state index is 11.9. The molecule has 0 spiro atoms. The van der Waals surface area contributed by atoms with E-state index in [9.17, 15) is 19.2 Å². The number of carbonyl (C=O) groups is 4. The Bertz CT molecular complexity index is 530. The first-order chi connectivity index (χ1) is 11.9. The molecule has 0 aliphatic carbocycles. The highest BCUT2D eigenvalue weighted by Gasteiger charge is 2.57. The molecule has 0 bridgehead atoms. The van der Waals surface area contributed by atoms with Crippen LogP contribution in [0.2, 0.25) is 0 Å². The highest BCUT2D eigenvalue weighted by Crippen LogP contribution is 2.43. The first kappa shape index (κ1) is 43.0. The SMILES string of the molecule is C.C.C.C.C.C.CC.CC.CC1COC(=O)C1C1CC(=O)OC1C1C(=O)OC(=O)C1C. The molecule has 0 aromatic rings. The lowest BCUT2D eigenvalue weighted by molar-refractivity contribution is -0.156. The van der Waals surface area contributed by atoms with Gasteiger partial charge in [-0.25, -0.2) is 0 Å². The number of esters is 4. The van der Waals surface area contributed by atoms with E-state index in [-0.39, 0.29) is 62.9 Å². The van der Waals surface area contributed by atoms with E-state index < -0.39 is 47.7 Å². The van der Waals surface area contributed by atoms with Gasteiger partial charge in [0.25, 0.3) is 0 Å². The number of rotatable bonds is 2. The number of hydrogen-bond donors (Lipinski definition) is 0. The van der Waals surface area contributed by atoms with Crippen LogP contribution in [0.25, 0.3) is 0 Å². The van der Waals surface area contributed by atoms with Gasteiger partial charge in [0.2, 0.25) is 0 Å². The molecule has 0 aromatic carbocycles. The Morgan fingerprint density at radius 3 is 1.55 bits per heavy atom. The Labute approximate surface area is 192 Å². The molecule has 3 aliphatic rings. The molecule has 0 radical (unpaired) electrons. The van der Waals surface area contributed by atoms with Crippen molar-refractivity contribution in [2.75, 3.05) is 6.61 Å². The molecule has 3 rings (SSSR count). The van der Waals surface area contributed by atoms with Gasteiger partial charge in [-0.1, -0.05) is 86.1 Å². The molecule has 3 heterocycles. The lowest BCUT2D eigenvalue weighted by Gasteiger charge is -2.26. The summed E-state index contributed by atoms with van der Waals surface area (Å²) in [6, 6.07) is 0. The lowest BCUT2D eigenvalue weighted by atomic mass is 9.74. The third kappa shape index (κ3) is 8.62. The van der Waals surface area contributed by atoms with E-state index in [4.69, 9.17) is 9.47 Å². The van der Waals surface area contributed by atoms with Gasteiger partial charge in [-0.15, -0.1) is 0 Å². The maximum Gasteiger partial charge on any atom is 0.321 e. The second kappa shape index (κ2) is 18.8. The van der Waals surface area contributed by atoms with Crippen molar-refractivity contribution >= 4 is 23.9 Å². The fourth-order valence-electron chi connectivity index (χ4n) is 3.54. The molecule has 31 heavy (non-hydrogen) atoms. The topological polar surface area (TPSA) is 96.0 Å². The zero-order valence-corrected chi connectivity index (χ0v) is 15.7. The van der Waals surface area contributed by atoms with Crippen molar-refractivity contribution in [3.05, 3.63) is 0 Å². The van der Waals surface area contributed by atoms with Gasteiger partial charge in [-0.05, 0) is 0 Å². The van der Waals surface area contributed by atoms with Crippen molar-refractivity contribution in [1.82, 2.24) is 0 Å². The van der Waals surface area contributed by atoms with Crippen LogP contribution in [0.1, 0.15) is 92.5 Å². The summed E-state index contributed by atoms with van der Waals surface area (Å²) in [5, 5.41) is 0. The lowest BCUT2D eigenvalue weighted by Crippen LogP contribution is -2.39. The average Bonchev–Trinajstić information content (AvgIpc) is 3.20. The fraction of sp³-hybridized carbons (Fsp3) is 0.833. The van der Waals surface area contributed by atoms with Gasteiger partial charge < -0.3 is 14.2 Å². The molecule has 7 heteroatoms. The summed E-state index contributed by atoms with van der Waals surface area (Å²) in [4.78, 5) is 46.9. The molecule has 0 saturated carbocycles. The molecule has 6 atom stereocenters. The van der Waals surface area contributed by atoms with E-state index >= 15 is 0 Å². The third-order valence-electron chi connectivity index (χ3n) is 4.66. The van der Waals surface area contributed by atoms with E-state index in [0.29, 0.717) is 6.61 Å². The van der Waals surface area contributed by atoms with Gasteiger partial charge in [-0.2, -0.15) is 0 Å². The van der Waals surface area contributed by atoms with Crippen LogP contribution in [0.3, 0.4) is 0 Å². The molecule has 0 N–H and O–H groups in total. The Hall–Kier alpha value is -1.92. The molecule has 190 valence electrons. The Balaban J connectivity index is -0.000000148. The standard InChI is InChI=1S/C14H16O7.2C2H6.6CH4/c1-5-4-19-13(17)9(5)7-3-8(15)20-11(7)10-6(2)12(16)21-14(10)18;2*1-2;;;;;;/h5-7,9-11H,3-4H2,1-2H3;2*1-2H3;6*1H4. The van der Waals surface area contributed by atoms with Gasteiger partial charge in [0.05, 0.1) is 24.9 Å². The van der Waals surface area contributed by atoms with Crippen LogP contribution in [0.15, 0.2) is 0 Å². The highest BCUT2D eigenvalue weighted by atomic mass is 16.6. The average molecular weight is 453 g/mol. The predicted octanol–water partition coefficient (Wildman–Crippen LogP) is 5.93. The summed E-state index contributed by atoms with van der Waals surface area (Å²) >= 11 is 0. The third-order valence-corrected chi connectivity index (χ3v) is 4.66. The zero-order valence-electron chi connectivity index (χ0n) is 15.7. The summed E-state index contributed by atoms with van der Waals surface area (Å²) in [7, 11) is 0. The molecule has 7 nitrogen and oxygen atoms in total. The predicted molar refractivity (Wildman–Crippen MR) is 128 cm³/mol. The molecule has 3 aliphatic heterocycles. The van der Waals surface area contributed by atoms with Crippen LogP contribution in [-0.4, -0.2) is 36.6 Å². The van der Waals surface area contributed by atoms with Crippen molar-refractivity contribution in [3.8, 4) is 0 Å². The van der Waals surface area contributed by atoms with E-state index in [2.05, 4.69) is 4.74 Å². The molecule has 0 amide bonds. The molecular formula is C24H52O7. The summed E-state index contributed by atoms with van der Waals surface area (Å²) in [5.41, 5.74) is 0. The van der Waals surface area contributed by atoms with Crippen molar-refractivity contribution in [1.29, 1.82) is 0 Å². The van der Waals surface area contributed by atoms with Gasteiger partial charge in [0, 0.05) is 11.8 Å². The number of hydrogen-bond acceptors (Lipinski definition) is 7. The van der Waals surface area contributed by atoms with E-state index in [1.54, 1.807) is 6.92 Å². The van der Waals surface area contributed by atoms with Gasteiger partial charge in [0.1, 0.15) is 12.0 Å². The minimum Gasteiger partial charge on any atom is -0.465 e. The van der Waals surface area contributed by atoms with E-state index in [1.165, 1.54) is 0 Å². The van der Waals surface area contributed by atoms with Crippen LogP contribution in [0.5, 0.6) is 0 Å². The van der Waals surface area contributed by atoms with Crippen LogP contribution < -0.4 is 0 Å². The van der Waals surface area contributed by atoms with Crippen LogP contribution in [-0.2, 0) is 33.4 Å². The fourth-order valence-corrected chi connectivity index (χ4v) is 3.54. The van der Waals surface area contributed by atoms with Crippen LogP contribution in [0, 0.1) is 29.6 Å². The minimum atomic E-state index is -0.838. The van der Waals surface area contributed by atoms with Crippen molar-refractivity contribution in [3.63, 3.8) is 0 Å². The Morgan fingerprint density at radius 1 is 0.710 bits per heavy atom. The van der Waals surface area contributed by atoms with Crippen molar-refractivity contribution < 1.29 is 33.4 Å². The first-order valence-electron chi connectivity index (χ1n) is 9.01. The van der Waals surface area contributed by atoms with Gasteiger partial charge in [0.15, 0.2) is 0 Å². The molecule has 6 unspecified atom stereocenters. The van der Waals surface area contributed by atoms with Crippen molar-refractivity contribution in [2.45, 2.75) is 98.6 Å². The van der Waals surface area contributed by atoms with Crippen molar-refractivity contribution in [2.24, 2.45) is 29.6 Å². The molecular weight excluding hydrogens is 400 g/mol. The smallest absolute Gasteiger partial charge is 0.321 e. The summed E-state index contributed by atoms with van der Waals surface area (Å²) in [6.45, 7) is 11.7.